The average molecular weight is 250 g/mol. The molecule has 0 aromatic heterocycles. The van der Waals surface area contributed by atoms with Crippen molar-refractivity contribution in [3.05, 3.63) is 24.3 Å². The first-order valence-corrected chi connectivity index (χ1v) is 6.66. The number of anilines is 1. The van der Waals surface area contributed by atoms with Crippen LogP contribution in [-0.4, -0.2) is 24.1 Å². The van der Waals surface area contributed by atoms with Crippen LogP contribution in [0.2, 0.25) is 0 Å². The highest BCUT2D eigenvalue weighted by Gasteiger charge is 2.26. The third kappa shape index (κ3) is 3.00. The minimum absolute atomic E-state index is 0.0528. The van der Waals surface area contributed by atoms with E-state index in [1.807, 2.05) is 30.5 Å². The number of rotatable bonds is 3. The van der Waals surface area contributed by atoms with Gasteiger partial charge in [-0.3, -0.25) is 9.59 Å². The van der Waals surface area contributed by atoms with E-state index in [4.69, 9.17) is 0 Å². The van der Waals surface area contributed by atoms with Crippen LogP contribution < -0.4 is 10.6 Å². The van der Waals surface area contributed by atoms with E-state index >= 15 is 0 Å². The molecule has 2 amide bonds. The normalized spacial score (nSPS) is 18.9. The van der Waals surface area contributed by atoms with Crippen LogP contribution in [0.3, 0.4) is 0 Å². The van der Waals surface area contributed by atoms with Crippen LogP contribution >= 0.6 is 11.8 Å². The summed E-state index contributed by atoms with van der Waals surface area (Å²) >= 11 is 1.62. The van der Waals surface area contributed by atoms with Gasteiger partial charge in [0.05, 0.1) is 0 Å². The molecule has 90 valence electrons. The molecule has 0 spiro atoms. The van der Waals surface area contributed by atoms with Gasteiger partial charge < -0.3 is 10.6 Å². The summed E-state index contributed by atoms with van der Waals surface area (Å²) in [5.74, 6) is -0.197. The van der Waals surface area contributed by atoms with E-state index in [2.05, 4.69) is 10.6 Å². The number of thioether (sulfide) groups is 1. The minimum atomic E-state index is -0.388. The number of nitrogens with one attached hydrogen (secondary N) is 2. The van der Waals surface area contributed by atoms with E-state index in [1.54, 1.807) is 11.8 Å². The molecule has 0 bridgehead atoms. The van der Waals surface area contributed by atoms with Crippen LogP contribution in [0.5, 0.6) is 0 Å². The van der Waals surface area contributed by atoms with Gasteiger partial charge in [0.2, 0.25) is 11.8 Å². The fraction of sp³-hybridized carbons (Fsp3) is 0.333. The standard InChI is InChI=1S/C12H14N2O2S/c1-17-9-4-2-3-8(7-9)13-12(16)10-5-6-11(15)14-10/h2-4,7,10H,5-6H2,1H3,(H,13,16)(H,14,15)/t10-/m0/s1. The van der Waals surface area contributed by atoms with Crippen LogP contribution in [0.15, 0.2) is 29.2 Å². The Morgan fingerprint density at radius 3 is 3.00 bits per heavy atom. The van der Waals surface area contributed by atoms with E-state index in [1.165, 1.54) is 0 Å². The van der Waals surface area contributed by atoms with Crippen molar-refractivity contribution in [3.8, 4) is 0 Å². The predicted molar refractivity (Wildman–Crippen MR) is 68.0 cm³/mol. The Hall–Kier alpha value is -1.49. The van der Waals surface area contributed by atoms with Crippen molar-refractivity contribution >= 4 is 29.3 Å². The maximum atomic E-state index is 11.8. The highest BCUT2D eigenvalue weighted by Crippen LogP contribution is 2.19. The van der Waals surface area contributed by atoms with Crippen molar-refractivity contribution in [2.75, 3.05) is 11.6 Å². The van der Waals surface area contributed by atoms with Gasteiger partial charge in [-0.05, 0) is 30.9 Å². The monoisotopic (exact) mass is 250 g/mol. The molecule has 0 aliphatic carbocycles. The molecule has 1 heterocycles. The first kappa shape index (κ1) is 12.0. The van der Waals surface area contributed by atoms with Crippen molar-refractivity contribution in [2.24, 2.45) is 0 Å². The number of hydrogen-bond acceptors (Lipinski definition) is 3. The minimum Gasteiger partial charge on any atom is -0.344 e. The molecule has 4 nitrogen and oxygen atoms in total. The number of carbonyl (C=O) groups is 2. The lowest BCUT2D eigenvalue weighted by Crippen LogP contribution is -2.37. The maximum Gasteiger partial charge on any atom is 0.246 e. The van der Waals surface area contributed by atoms with Crippen LogP contribution in [0.4, 0.5) is 5.69 Å². The molecule has 1 aromatic carbocycles. The summed E-state index contributed by atoms with van der Waals surface area (Å²) in [6, 6.07) is 7.25. The number of carbonyl (C=O) groups excluding carboxylic acids is 2. The molecular weight excluding hydrogens is 236 g/mol. The van der Waals surface area contributed by atoms with Gasteiger partial charge in [-0.25, -0.2) is 0 Å². The Kier molecular flexibility index (Phi) is 3.68. The van der Waals surface area contributed by atoms with E-state index in [0.29, 0.717) is 12.8 Å². The second-order valence-electron chi connectivity index (χ2n) is 3.88. The number of hydrogen-bond donors (Lipinski definition) is 2. The Morgan fingerprint density at radius 1 is 1.53 bits per heavy atom. The van der Waals surface area contributed by atoms with Gasteiger partial charge in [0.15, 0.2) is 0 Å². The highest BCUT2D eigenvalue weighted by molar-refractivity contribution is 7.98. The van der Waals surface area contributed by atoms with Gasteiger partial charge in [0.1, 0.15) is 6.04 Å². The summed E-state index contributed by atoms with van der Waals surface area (Å²) in [7, 11) is 0. The molecule has 2 rings (SSSR count). The molecule has 1 saturated heterocycles. The first-order valence-electron chi connectivity index (χ1n) is 5.43. The van der Waals surface area contributed by atoms with Crippen molar-refractivity contribution in [1.82, 2.24) is 5.32 Å². The molecule has 1 fully saturated rings. The molecule has 0 saturated carbocycles. The zero-order chi connectivity index (χ0) is 12.3. The van der Waals surface area contributed by atoms with Crippen LogP contribution in [0, 0.1) is 0 Å². The molecule has 1 aliphatic rings. The summed E-state index contributed by atoms with van der Waals surface area (Å²) in [5.41, 5.74) is 0.767. The van der Waals surface area contributed by atoms with Crippen molar-refractivity contribution in [3.63, 3.8) is 0 Å². The summed E-state index contributed by atoms with van der Waals surface area (Å²) in [4.78, 5) is 23.9. The number of amides is 2. The van der Waals surface area contributed by atoms with Gasteiger partial charge >= 0.3 is 0 Å². The molecule has 0 unspecified atom stereocenters. The zero-order valence-corrected chi connectivity index (χ0v) is 10.3. The lowest BCUT2D eigenvalue weighted by atomic mass is 10.2. The molecule has 2 N–H and O–H groups in total. The predicted octanol–water partition coefficient (Wildman–Crippen LogP) is 1.63. The van der Waals surface area contributed by atoms with E-state index in [0.717, 1.165) is 10.6 Å². The maximum absolute atomic E-state index is 11.8. The number of benzene rings is 1. The quantitative estimate of drug-likeness (QED) is 0.802. The third-order valence-corrected chi connectivity index (χ3v) is 3.37. The summed E-state index contributed by atoms with van der Waals surface area (Å²) in [5, 5.41) is 5.46. The molecule has 0 radical (unpaired) electrons. The van der Waals surface area contributed by atoms with E-state index in [-0.39, 0.29) is 17.9 Å². The fourth-order valence-corrected chi connectivity index (χ4v) is 2.20. The molecule has 1 aliphatic heterocycles. The Balaban J connectivity index is 2.00. The Morgan fingerprint density at radius 2 is 2.35 bits per heavy atom. The molecule has 17 heavy (non-hydrogen) atoms. The lowest BCUT2D eigenvalue weighted by Gasteiger charge is -2.11. The zero-order valence-electron chi connectivity index (χ0n) is 9.53. The smallest absolute Gasteiger partial charge is 0.246 e. The second kappa shape index (κ2) is 5.23. The summed E-state index contributed by atoms with van der Waals surface area (Å²) < 4.78 is 0. The molecule has 1 atom stereocenters. The van der Waals surface area contributed by atoms with E-state index < -0.39 is 0 Å². The van der Waals surface area contributed by atoms with Gasteiger partial charge in [-0.2, -0.15) is 0 Å². The highest BCUT2D eigenvalue weighted by atomic mass is 32.2. The van der Waals surface area contributed by atoms with Gasteiger partial charge in [0, 0.05) is 17.0 Å². The largest absolute Gasteiger partial charge is 0.344 e. The summed E-state index contributed by atoms with van der Waals surface area (Å²) in [6.07, 6.45) is 2.99. The van der Waals surface area contributed by atoms with Crippen LogP contribution in [0.25, 0.3) is 0 Å². The Labute approximate surface area is 104 Å². The first-order chi connectivity index (χ1) is 8.19. The molecular formula is C12H14N2O2S. The van der Waals surface area contributed by atoms with Gasteiger partial charge in [-0.1, -0.05) is 6.07 Å². The Bertz CT molecular complexity index is 448. The van der Waals surface area contributed by atoms with Crippen molar-refractivity contribution < 1.29 is 9.59 Å². The third-order valence-electron chi connectivity index (χ3n) is 2.65. The van der Waals surface area contributed by atoms with E-state index in [9.17, 15) is 9.59 Å². The van der Waals surface area contributed by atoms with Crippen LogP contribution in [-0.2, 0) is 9.59 Å². The average Bonchev–Trinajstić information content (AvgIpc) is 2.76. The van der Waals surface area contributed by atoms with Gasteiger partial charge in [0.25, 0.3) is 0 Å². The SMILES string of the molecule is CSc1cccc(NC(=O)[C@@H]2CCC(=O)N2)c1. The lowest BCUT2D eigenvalue weighted by molar-refractivity contribution is -0.122. The fourth-order valence-electron chi connectivity index (χ4n) is 1.74. The topological polar surface area (TPSA) is 58.2 Å². The molecule has 5 heteroatoms. The summed E-state index contributed by atoms with van der Waals surface area (Å²) in [6.45, 7) is 0. The molecule has 1 aromatic rings. The second-order valence-corrected chi connectivity index (χ2v) is 4.76. The van der Waals surface area contributed by atoms with Crippen molar-refractivity contribution in [1.29, 1.82) is 0 Å². The van der Waals surface area contributed by atoms with Gasteiger partial charge in [-0.15, -0.1) is 11.8 Å². The van der Waals surface area contributed by atoms with Crippen LogP contribution in [0.1, 0.15) is 12.8 Å². The van der Waals surface area contributed by atoms with Crippen molar-refractivity contribution in [2.45, 2.75) is 23.8 Å².